The molecule has 0 saturated heterocycles. The fourth-order valence-corrected chi connectivity index (χ4v) is 8.10. The molecule has 44 heavy (non-hydrogen) atoms. The fraction of sp³-hybridized carbons (Fsp3) is 0.303. The van der Waals surface area contributed by atoms with E-state index in [0.29, 0.717) is 29.7 Å². The van der Waals surface area contributed by atoms with E-state index in [1.807, 2.05) is 0 Å². The van der Waals surface area contributed by atoms with E-state index in [2.05, 4.69) is 9.44 Å². The Hall–Kier alpha value is -4.09. The normalized spacial score (nSPS) is 16.3. The number of benzene rings is 3. The summed E-state index contributed by atoms with van der Waals surface area (Å²) in [6.07, 6.45) is 6.53. The maximum absolute atomic E-state index is 13.5. The van der Waals surface area contributed by atoms with Gasteiger partial charge < -0.3 is 9.52 Å². The van der Waals surface area contributed by atoms with Crippen molar-refractivity contribution in [3.8, 4) is 5.75 Å². The van der Waals surface area contributed by atoms with Crippen molar-refractivity contribution in [2.45, 2.75) is 67.1 Å². The Bertz CT molecular complexity index is 1850. The maximum atomic E-state index is 13.5. The van der Waals surface area contributed by atoms with E-state index in [9.17, 15) is 26.7 Å². The van der Waals surface area contributed by atoms with Gasteiger partial charge in [0.2, 0.25) is 0 Å². The van der Waals surface area contributed by atoms with Gasteiger partial charge in [0.1, 0.15) is 11.5 Å². The third-order valence-electron chi connectivity index (χ3n) is 8.22. The third-order valence-corrected chi connectivity index (χ3v) is 11.0. The first-order valence-corrected chi connectivity index (χ1v) is 17.8. The van der Waals surface area contributed by atoms with Crippen LogP contribution in [0.5, 0.6) is 5.75 Å². The van der Waals surface area contributed by atoms with Crippen LogP contribution in [-0.4, -0.2) is 21.9 Å². The molecule has 3 aromatic carbocycles. The van der Waals surface area contributed by atoms with Crippen LogP contribution in [0, 0.1) is 5.92 Å². The van der Waals surface area contributed by atoms with Gasteiger partial charge in [0.25, 0.3) is 20.0 Å². The number of aryl methyl sites for hydroxylation is 1. The molecule has 11 heteroatoms. The summed E-state index contributed by atoms with van der Waals surface area (Å²) in [6, 6.07) is 20.3. The Balaban J connectivity index is 1.48. The first kappa shape index (κ1) is 30.0. The summed E-state index contributed by atoms with van der Waals surface area (Å²) in [5.41, 5.74) is 0.860. The summed E-state index contributed by atoms with van der Waals surface area (Å²) in [5.74, 6) is -0.207. The van der Waals surface area contributed by atoms with Crippen LogP contribution in [0.2, 0.25) is 0 Å². The lowest BCUT2D eigenvalue weighted by molar-refractivity contribution is 0.382. The second-order valence-electron chi connectivity index (χ2n) is 11.5. The first-order valence-electron chi connectivity index (χ1n) is 14.8. The van der Waals surface area contributed by atoms with Gasteiger partial charge in [-0.15, -0.1) is 0 Å². The summed E-state index contributed by atoms with van der Waals surface area (Å²) in [5, 5.41) is 11.6. The van der Waals surface area contributed by atoms with Crippen molar-refractivity contribution >= 4 is 31.4 Å². The minimum atomic E-state index is -4.03. The molecule has 1 unspecified atom stereocenters. The minimum absolute atomic E-state index is 0.0185. The molecular weight excluding hydrogens is 601 g/mol. The van der Waals surface area contributed by atoms with Gasteiger partial charge in [0.15, 0.2) is 0 Å². The van der Waals surface area contributed by atoms with Crippen LogP contribution >= 0.6 is 0 Å². The predicted molar refractivity (Wildman–Crippen MR) is 168 cm³/mol. The topological polar surface area (TPSA) is 143 Å². The number of aromatic hydroxyl groups is 1. The number of fused-ring (bicyclic) bond motifs is 1. The van der Waals surface area contributed by atoms with Gasteiger partial charge in [0.05, 0.1) is 26.7 Å². The Morgan fingerprint density at radius 1 is 0.727 bits per heavy atom. The molecule has 0 aliphatic heterocycles. The van der Waals surface area contributed by atoms with E-state index in [4.69, 9.17) is 4.42 Å². The quantitative estimate of drug-likeness (QED) is 0.200. The van der Waals surface area contributed by atoms with E-state index < -0.39 is 31.6 Å². The number of hydrogen-bond donors (Lipinski definition) is 3. The summed E-state index contributed by atoms with van der Waals surface area (Å²) in [4.78, 5) is 13.6. The Morgan fingerprint density at radius 2 is 1.25 bits per heavy atom. The van der Waals surface area contributed by atoms with Gasteiger partial charge >= 0.3 is 5.63 Å². The Kier molecular flexibility index (Phi) is 8.26. The number of hydrogen-bond acceptors (Lipinski definition) is 7. The van der Waals surface area contributed by atoms with E-state index in [1.165, 1.54) is 30.3 Å². The SMILES string of the molecule is O=c1oc2c(c(O)c1C(c1cc(NS(=O)(=O)c3ccccc3)cc(NS(=O)(=O)c3ccccc3)c1)C1CC1)CCCCCC2. The average Bonchev–Trinajstić information content (AvgIpc) is 3.82. The van der Waals surface area contributed by atoms with Crippen LogP contribution in [0.4, 0.5) is 11.4 Å². The standard InChI is InChI=1S/C33H34N2O7S2/c36-32-28-15-9-1-2-10-16-29(28)42-33(37)31(32)30(22-17-18-22)23-19-24(34-43(38,39)26-11-5-3-6-12-26)21-25(20-23)35-44(40,41)27-13-7-4-8-14-27/h3-8,11-14,19-22,30,34-36H,1-2,9-10,15-18H2. The van der Waals surface area contributed by atoms with Crippen molar-refractivity contribution in [3.63, 3.8) is 0 Å². The van der Waals surface area contributed by atoms with Crippen LogP contribution in [0.1, 0.15) is 66.9 Å². The van der Waals surface area contributed by atoms with Crippen molar-refractivity contribution in [2.75, 3.05) is 9.44 Å². The Labute approximate surface area is 257 Å². The zero-order valence-electron chi connectivity index (χ0n) is 24.0. The lowest BCUT2D eigenvalue weighted by Gasteiger charge is -2.23. The van der Waals surface area contributed by atoms with Crippen LogP contribution in [0.25, 0.3) is 0 Å². The predicted octanol–water partition coefficient (Wildman–Crippen LogP) is 6.15. The second kappa shape index (κ2) is 12.1. The molecule has 4 aromatic rings. The van der Waals surface area contributed by atoms with Crippen LogP contribution in [0.3, 0.4) is 0 Å². The zero-order valence-corrected chi connectivity index (χ0v) is 25.7. The number of nitrogens with one attached hydrogen (secondary N) is 2. The van der Waals surface area contributed by atoms with Gasteiger partial charge in [-0.25, -0.2) is 21.6 Å². The molecular formula is C33H34N2O7S2. The molecule has 1 fully saturated rings. The molecule has 6 rings (SSSR count). The van der Waals surface area contributed by atoms with Gasteiger partial charge in [-0.3, -0.25) is 9.44 Å². The highest BCUT2D eigenvalue weighted by atomic mass is 32.2. The molecule has 0 amide bonds. The van der Waals surface area contributed by atoms with Crippen molar-refractivity contribution < 1.29 is 26.4 Å². The lowest BCUT2D eigenvalue weighted by Crippen LogP contribution is -2.20. The molecule has 0 radical (unpaired) electrons. The van der Waals surface area contributed by atoms with E-state index in [-0.39, 0.29) is 38.4 Å². The molecule has 1 atom stereocenters. The molecule has 9 nitrogen and oxygen atoms in total. The highest BCUT2D eigenvalue weighted by molar-refractivity contribution is 7.93. The van der Waals surface area contributed by atoms with Crippen LogP contribution in [0.15, 0.2) is 97.9 Å². The van der Waals surface area contributed by atoms with Crippen LogP contribution in [-0.2, 0) is 32.9 Å². The van der Waals surface area contributed by atoms with E-state index in [0.717, 1.165) is 38.5 Å². The summed E-state index contributed by atoms with van der Waals surface area (Å²) in [7, 11) is -8.06. The monoisotopic (exact) mass is 634 g/mol. The molecule has 1 aromatic heterocycles. The van der Waals surface area contributed by atoms with Gasteiger partial charge in [-0.1, -0.05) is 49.2 Å². The highest BCUT2D eigenvalue weighted by Gasteiger charge is 2.39. The molecule has 230 valence electrons. The van der Waals surface area contributed by atoms with Crippen molar-refractivity contribution in [1.29, 1.82) is 0 Å². The number of rotatable bonds is 9. The maximum Gasteiger partial charge on any atom is 0.343 e. The molecule has 2 aliphatic rings. The first-order chi connectivity index (χ1) is 21.1. The Morgan fingerprint density at radius 3 is 1.77 bits per heavy atom. The van der Waals surface area contributed by atoms with Gasteiger partial charge in [-0.05, 0) is 86.1 Å². The van der Waals surface area contributed by atoms with Gasteiger partial charge in [-0.2, -0.15) is 0 Å². The van der Waals surface area contributed by atoms with Crippen molar-refractivity contribution in [1.82, 2.24) is 0 Å². The highest BCUT2D eigenvalue weighted by Crippen LogP contribution is 2.49. The van der Waals surface area contributed by atoms with Crippen LogP contribution < -0.4 is 15.1 Å². The summed E-state index contributed by atoms with van der Waals surface area (Å²) in [6.45, 7) is 0. The van der Waals surface area contributed by atoms with E-state index in [1.54, 1.807) is 48.5 Å². The van der Waals surface area contributed by atoms with E-state index >= 15 is 0 Å². The molecule has 0 spiro atoms. The molecule has 1 heterocycles. The second-order valence-corrected chi connectivity index (χ2v) is 14.8. The molecule has 3 N–H and O–H groups in total. The molecule has 2 aliphatic carbocycles. The average molecular weight is 635 g/mol. The number of sulfonamides is 2. The molecule has 0 bridgehead atoms. The summed E-state index contributed by atoms with van der Waals surface area (Å²) < 4.78 is 64.1. The van der Waals surface area contributed by atoms with Crippen molar-refractivity contribution in [2.24, 2.45) is 5.92 Å². The smallest absolute Gasteiger partial charge is 0.343 e. The zero-order chi connectivity index (χ0) is 30.9. The summed E-state index contributed by atoms with van der Waals surface area (Å²) >= 11 is 0. The molecule has 1 saturated carbocycles. The number of anilines is 2. The van der Waals surface area contributed by atoms with Gasteiger partial charge in [0, 0.05) is 17.9 Å². The minimum Gasteiger partial charge on any atom is -0.507 e. The fourth-order valence-electron chi connectivity index (χ4n) is 5.98. The third kappa shape index (κ3) is 6.39. The van der Waals surface area contributed by atoms with Crippen molar-refractivity contribution in [3.05, 3.63) is 112 Å². The lowest BCUT2D eigenvalue weighted by atomic mass is 9.85. The largest absolute Gasteiger partial charge is 0.507 e.